The molecule has 0 spiro atoms. The number of thioether (sulfide) groups is 1. The highest BCUT2D eigenvalue weighted by atomic mass is 35.5. The fourth-order valence-electron chi connectivity index (χ4n) is 5.21. The smallest absolute Gasteiger partial charge is 0.303 e. The SMILES string of the molecule is CC(C)(O)c1cccc(CCC(SCC2(CC(=O)O)CC2)c2ccccc2/C=C/c2ccc3ccc(Cl)cc3n2)c1. The van der Waals surface area contributed by atoms with Gasteiger partial charge in [0.1, 0.15) is 0 Å². The number of nitrogens with zero attached hydrogens (tertiary/aromatic N) is 1. The molecular weight excluding hydrogens is 550 g/mol. The number of carboxylic acids is 1. The Morgan fingerprint density at radius 1 is 1.05 bits per heavy atom. The fourth-order valence-corrected chi connectivity index (χ4v) is 7.00. The van der Waals surface area contributed by atoms with E-state index in [9.17, 15) is 15.0 Å². The minimum Gasteiger partial charge on any atom is -0.481 e. The second kappa shape index (κ2) is 12.4. The second-order valence-corrected chi connectivity index (χ2v) is 13.3. The standard InChI is InChI=1S/C35H36ClNO3S/c1-34(2,40)27-8-5-6-24(20-27)10-17-32(41-23-35(18-19-35)22-33(38)39)30-9-4-3-7-25(30)12-15-29-16-13-26-11-14-28(36)21-31(26)37-29/h3-9,11-16,20-21,32,40H,10,17-19,22-23H2,1-2H3,(H,38,39)/b15-12+. The van der Waals surface area contributed by atoms with Crippen LogP contribution in [0.25, 0.3) is 23.1 Å². The molecule has 1 fully saturated rings. The highest BCUT2D eigenvalue weighted by Crippen LogP contribution is 2.53. The number of halogens is 1. The lowest BCUT2D eigenvalue weighted by Crippen LogP contribution is -2.15. The van der Waals surface area contributed by atoms with Gasteiger partial charge in [-0.2, -0.15) is 11.8 Å². The Balaban J connectivity index is 1.40. The Labute approximate surface area is 251 Å². The van der Waals surface area contributed by atoms with E-state index in [0.29, 0.717) is 5.02 Å². The van der Waals surface area contributed by atoms with Crippen molar-refractivity contribution < 1.29 is 15.0 Å². The fraction of sp³-hybridized carbons (Fsp3) is 0.314. The molecule has 1 heterocycles. The minimum absolute atomic E-state index is 0.0867. The van der Waals surface area contributed by atoms with E-state index < -0.39 is 11.6 Å². The lowest BCUT2D eigenvalue weighted by atomic mass is 9.94. The summed E-state index contributed by atoms with van der Waals surface area (Å²) in [5, 5.41) is 21.9. The molecule has 5 rings (SSSR count). The molecule has 1 aromatic heterocycles. The van der Waals surface area contributed by atoms with Crippen molar-refractivity contribution in [3.8, 4) is 0 Å². The van der Waals surface area contributed by atoms with Gasteiger partial charge in [0.15, 0.2) is 0 Å². The number of aliphatic hydroxyl groups is 1. The first-order valence-corrected chi connectivity index (χ1v) is 15.5. The van der Waals surface area contributed by atoms with Crippen LogP contribution in [-0.2, 0) is 16.8 Å². The average molecular weight is 586 g/mol. The minimum atomic E-state index is -0.890. The number of rotatable bonds is 12. The number of aryl methyl sites for hydroxylation is 1. The van der Waals surface area contributed by atoms with E-state index in [0.717, 1.165) is 59.2 Å². The Morgan fingerprint density at radius 3 is 2.59 bits per heavy atom. The van der Waals surface area contributed by atoms with Crippen LogP contribution in [0.4, 0.5) is 0 Å². The molecule has 0 bridgehead atoms. The van der Waals surface area contributed by atoms with E-state index in [1.807, 2.05) is 68.1 Å². The number of aliphatic carboxylic acids is 1. The van der Waals surface area contributed by atoms with Crippen molar-refractivity contribution in [1.82, 2.24) is 4.98 Å². The Kier molecular flexibility index (Phi) is 8.88. The third kappa shape index (κ3) is 7.79. The maximum absolute atomic E-state index is 11.5. The van der Waals surface area contributed by atoms with Gasteiger partial charge in [0.05, 0.1) is 23.2 Å². The van der Waals surface area contributed by atoms with Crippen LogP contribution in [-0.4, -0.2) is 26.9 Å². The molecule has 41 heavy (non-hydrogen) atoms. The van der Waals surface area contributed by atoms with E-state index in [-0.39, 0.29) is 17.1 Å². The third-order valence-electron chi connectivity index (χ3n) is 7.85. The second-order valence-electron chi connectivity index (χ2n) is 11.7. The van der Waals surface area contributed by atoms with E-state index >= 15 is 0 Å². The number of fused-ring (bicyclic) bond motifs is 1. The molecule has 0 aliphatic heterocycles. The van der Waals surface area contributed by atoms with Crippen molar-refractivity contribution in [2.45, 2.75) is 56.8 Å². The van der Waals surface area contributed by atoms with Crippen LogP contribution in [0.1, 0.15) is 72.7 Å². The van der Waals surface area contributed by atoms with Gasteiger partial charge in [-0.25, -0.2) is 4.98 Å². The summed E-state index contributed by atoms with van der Waals surface area (Å²) in [4.78, 5) is 16.3. The van der Waals surface area contributed by atoms with Crippen LogP contribution in [0.2, 0.25) is 5.02 Å². The van der Waals surface area contributed by atoms with Gasteiger partial charge in [-0.15, -0.1) is 0 Å². The number of hydrogen-bond donors (Lipinski definition) is 2. The van der Waals surface area contributed by atoms with Gasteiger partial charge in [0.2, 0.25) is 0 Å². The molecule has 4 nitrogen and oxygen atoms in total. The van der Waals surface area contributed by atoms with E-state index in [1.54, 1.807) is 0 Å². The Bertz CT molecular complexity index is 1570. The molecule has 6 heteroatoms. The molecule has 0 amide bonds. The summed E-state index contributed by atoms with van der Waals surface area (Å²) in [6.07, 6.45) is 8.12. The van der Waals surface area contributed by atoms with Gasteiger partial charge in [0, 0.05) is 21.4 Å². The zero-order chi connectivity index (χ0) is 29.0. The van der Waals surface area contributed by atoms with Crippen molar-refractivity contribution in [2.75, 3.05) is 5.75 Å². The van der Waals surface area contributed by atoms with Gasteiger partial charge in [-0.05, 0) is 91.5 Å². The van der Waals surface area contributed by atoms with Crippen LogP contribution in [0.3, 0.4) is 0 Å². The lowest BCUT2D eigenvalue weighted by Gasteiger charge is -2.23. The van der Waals surface area contributed by atoms with Gasteiger partial charge in [-0.1, -0.05) is 78.3 Å². The summed E-state index contributed by atoms with van der Waals surface area (Å²) in [5.41, 5.74) is 5.21. The summed E-state index contributed by atoms with van der Waals surface area (Å²) >= 11 is 8.07. The van der Waals surface area contributed by atoms with E-state index in [4.69, 9.17) is 16.6 Å². The van der Waals surface area contributed by atoms with Gasteiger partial charge in [-0.3, -0.25) is 4.79 Å². The molecule has 1 aliphatic rings. The first-order valence-electron chi connectivity index (χ1n) is 14.1. The van der Waals surface area contributed by atoms with Crippen LogP contribution >= 0.6 is 23.4 Å². The molecule has 0 saturated heterocycles. The Hall–Kier alpha value is -3.12. The van der Waals surface area contributed by atoms with Crippen LogP contribution in [0.15, 0.2) is 78.9 Å². The summed E-state index contributed by atoms with van der Waals surface area (Å²) < 4.78 is 0. The number of carbonyl (C=O) groups is 1. The van der Waals surface area contributed by atoms with E-state index in [1.165, 1.54) is 11.1 Å². The van der Waals surface area contributed by atoms with Gasteiger partial charge in [0.25, 0.3) is 0 Å². The van der Waals surface area contributed by atoms with Crippen molar-refractivity contribution >= 4 is 52.4 Å². The number of benzene rings is 3. The summed E-state index contributed by atoms with van der Waals surface area (Å²) in [7, 11) is 0. The molecule has 3 aromatic carbocycles. The molecule has 4 aromatic rings. The maximum Gasteiger partial charge on any atom is 0.303 e. The average Bonchev–Trinajstić information content (AvgIpc) is 3.70. The Morgan fingerprint density at radius 2 is 1.83 bits per heavy atom. The normalized spacial score (nSPS) is 15.3. The molecule has 2 N–H and O–H groups in total. The predicted molar refractivity (Wildman–Crippen MR) is 171 cm³/mol. The predicted octanol–water partition coefficient (Wildman–Crippen LogP) is 8.95. The molecule has 1 saturated carbocycles. The monoisotopic (exact) mass is 585 g/mol. The van der Waals surface area contributed by atoms with Crippen LogP contribution < -0.4 is 0 Å². The van der Waals surface area contributed by atoms with Crippen molar-refractivity contribution in [3.05, 3.63) is 112 Å². The highest BCUT2D eigenvalue weighted by Gasteiger charge is 2.44. The summed E-state index contributed by atoms with van der Waals surface area (Å²) in [6.45, 7) is 3.62. The van der Waals surface area contributed by atoms with Crippen LogP contribution in [0.5, 0.6) is 0 Å². The summed E-state index contributed by atoms with van der Waals surface area (Å²) in [6, 6.07) is 26.4. The number of hydrogen-bond acceptors (Lipinski definition) is 4. The zero-order valence-electron chi connectivity index (χ0n) is 23.5. The van der Waals surface area contributed by atoms with E-state index in [2.05, 4.69) is 48.5 Å². The van der Waals surface area contributed by atoms with Crippen molar-refractivity contribution in [1.29, 1.82) is 0 Å². The van der Waals surface area contributed by atoms with Gasteiger partial charge >= 0.3 is 5.97 Å². The number of aromatic nitrogens is 1. The van der Waals surface area contributed by atoms with Crippen molar-refractivity contribution in [2.24, 2.45) is 5.41 Å². The number of carboxylic acid groups (broad SMARTS) is 1. The first kappa shape index (κ1) is 29.4. The molecule has 1 atom stereocenters. The first-order chi connectivity index (χ1) is 19.6. The van der Waals surface area contributed by atoms with Crippen LogP contribution in [0, 0.1) is 5.41 Å². The quantitative estimate of drug-likeness (QED) is 0.174. The van der Waals surface area contributed by atoms with Gasteiger partial charge < -0.3 is 10.2 Å². The zero-order valence-corrected chi connectivity index (χ0v) is 25.1. The lowest BCUT2D eigenvalue weighted by molar-refractivity contribution is -0.138. The number of pyridine rings is 1. The summed E-state index contributed by atoms with van der Waals surface area (Å²) in [5.74, 6) is 0.120. The topological polar surface area (TPSA) is 70.4 Å². The molecular formula is C35H36ClNO3S. The maximum atomic E-state index is 11.5. The van der Waals surface area contributed by atoms with Crippen molar-refractivity contribution in [3.63, 3.8) is 0 Å². The molecule has 0 radical (unpaired) electrons. The molecule has 1 unspecified atom stereocenters. The third-order valence-corrected chi connectivity index (χ3v) is 9.76. The molecule has 1 aliphatic carbocycles. The molecule has 212 valence electrons. The largest absolute Gasteiger partial charge is 0.481 e. The highest BCUT2D eigenvalue weighted by molar-refractivity contribution is 7.99.